The molecular weight excluding hydrogens is 288 g/mol. The van der Waals surface area contributed by atoms with Crippen molar-refractivity contribution in [3.63, 3.8) is 0 Å². The Labute approximate surface area is 137 Å². The zero-order chi connectivity index (χ0) is 16.0. The lowest BCUT2D eigenvalue weighted by Gasteiger charge is -2.56. The molecule has 0 saturated heterocycles. The highest BCUT2D eigenvalue weighted by Gasteiger charge is 2.53. The molecule has 4 saturated carbocycles. The summed E-state index contributed by atoms with van der Waals surface area (Å²) in [6, 6.07) is 4.72. The number of carbonyl (C=O) groups is 1. The van der Waals surface area contributed by atoms with Crippen LogP contribution in [0.15, 0.2) is 24.3 Å². The Morgan fingerprint density at radius 3 is 2.22 bits per heavy atom. The minimum Gasteiger partial charge on any atom is -0.504 e. The highest BCUT2D eigenvalue weighted by Crippen LogP contribution is 2.60. The van der Waals surface area contributed by atoms with Crippen LogP contribution in [0.25, 0.3) is 6.08 Å². The summed E-state index contributed by atoms with van der Waals surface area (Å²) in [6.07, 6.45) is 11.7. The van der Waals surface area contributed by atoms with E-state index in [-0.39, 0.29) is 16.9 Å². The van der Waals surface area contributed by atoms with Gasteiger partial charge in [0.05, 0.1) is 0 Å². The molecule has 5 rings (SSSR count). The molecule has 0 atom stereocenters. The summed E-state index contributed by atoms with van der Waals surface area (Å²) >= 11 is 0. The van der Waals surface area contributed by atoms with Crippen LogP contribution in [0.5, 0.6) is 11.5 Å². The number of hydrogen-bond acceptors (Lipinski definition) is 3. The van der Waals surface area contributed by atoms with Crippen molar-refractivity contribution in [2.45, 2.75) is 44.9 Å². The van der Waals surface area contributed by atoms with Gasteiger partial charge in [0.25, 0.3) is 0 Å². The van der Waals surface area contributed by atoms with Gasteiger partial charge in [0, 0.05) is 11.8 Å². The molecule has 0 heterocycles. The monoisotopic (exact) mass is 312 g/mol. The molecule has 4 aliphatic carbocycles. The topological polar surface area (TPSA) is 57.5 Å². The van der Waals surface area contributed by atoms with Crippen molar-refractivity contribution in [3.8, 4) is 11.5 Å². The van der Waals surface area contributed by atoms with Crippen LogP contribution in [-0.2, 0) is 4.79 Å². The molecule has 0 aromatic heterocycles. The van der Waals surface area contributed by atoms with Crippen LogP contribution in [-0.4, -0.2) is 16.0 Å². The van der Waals surface area contributed by atoms with Gasteiger partial charge >= 0.3 is 0 Å². The molecule has 4 aliphatic rings. The third-order valence-electron chi connectivity index (χ3n) is 6.24. The number of carbonyl (C=O) groups excluding carboxylic acids is 1. The summed E-state index contributed by atoms with van der Waals surface area (Å²) in [5, 5.41) is 18.8. The second kappa shape index (κ2) is 5.40. The molecule has 1 aromatic rings. The molecule has 3 nitrogen and oxygen atoms in total. The van der Waals surface area contributed by atoms with Gasteiger partial charge in [-0.2, -0.15) is 0 Å². The van der Waals surface area contributed by atoms with Gasteiger partial charge < -0.3 is 10.2 Å². The summed E-state index contributed by atoms with van der Waals surface area (Å²) in [5.74, 6) is 2.55. The molecule has 23 heavy (non-hydrogen) atoms. The highest BCUT2D eigenvalue weighted by molar-refractivity contribution is 5.87. The Bertz CT molecular complexity index is 624. The van der Waals surface area contributed by atoms with Crippen molar-refractivity contribution >= 4 is 11.9 Å². The Balaban J connectivity index is 1.44. The molecule has 1 aromatic carbocycles. The maximum Gasteiger partial charge on any atom is 0.157 e. The number of Topliss-reactive ketones (excluding diaryl/α,β-unsaturated/α-hetero) is 1. The van der Waals surface area contributed by atoms with Crippen LogP contribution < -0.4 is 0 Å². The summed E-state index contributed by atoms with van der Waals surface area (Å²) < 4.78 is 0. The Hall–Kier alpha value is -1.77. The number of benzene rings is 1. The lowest BCUT2D eigenvalue weighted by molar-refractivity contribution is -0.142. The largest absolute Gasteiger partial charge is 0.504 e. The highest BCUT2D eigenvalue weighted by atomic mass is 16.3. The number of ketones is 1. The van der Waals surface area contributed by atoms with Gasteiger partial charge in [-0.1, -0.05) is 18.2 Å². The zero-order valence-electron chi connectivity index (χ0n) is 13.4. The summed E-state index contributed by atoms with van der Waals surface area (Å²) in [7, 11) is 0. The first kappa shape index (κ1) is 14.8. The van der Waals surface area contributed by atoms with Gasteiger partial charge in [0.2, 0.25) is 0 Å². The number of allylic oxidation sites excluding steroid dienone is 1. The number of phenols is 2. The fourth-order valence-electron chi connectivity index (χ4n) is 5.61. The second-order valence-electron chi connectivity index (χ2n) is 7.98. The van der Waals surface area contributed by atoms with Gasteiger partial charge in [-0.15, -0.1) is 0 Å². The van der Waals surface area contributed by atoms with E-state index in [1.165, 1.54) is 31.4 Å². The van der Waals surface area contributed by atoms with Gasteiger partial charge in [-0.05, 0) is 74.0 Å². The first-order valence-corrected chi connectivity index (χ1v) is 8.76. The lowest BCUT2D eigenvalue weighted by atomic mass is 9.48. The normalized spacial score (nSPS) is 35.0. The third-order valence-corrected chi connectivity index (χ3v) is 6.24. The molecule has 0 amide bonds. The third kappa shape index (κ3) is 2.66. The molecular formula is C20H24O3. The molecule has 4 fully saturated rings. The molecule has 0 spiro atoms. The van der Waals surface area contributed by atoms with E-state index in [0.717, 1.165) is 42.6 Å². The molecule has 2 N–H and O–H groups in total. The summed E-state index contributed by atoms with van der Waals surface area (Å²) in [6.45, 7) is 0. The first-order chi connectivity index (χ1) is 11.0. The Kier molecular flexibility index (Phi) is 3.47. The van der Waals surface area contributed by atoms with Crippen molar-refractivity contribution in [3.05, 3.63) is 29.8 Å². The van der Waals surface area contributed by atoms with E-state index in [1.807, 2.05) is 12.2 Å². The maximum atomic E-state index is 12.9. The van der Waals surface area contributed by atoms with Crippen LogP contribution in [0.3, 0.4) is 0 Å². The number of phenolic OH excluding ortho intramolecular Hbond substituents is 2. The van der Waals surface area contributed by atoms with Gasteiger partial charge in [-0.3, -0.25) is 4.79 Å². The average Bonchev–Trinajstić information content (AvgIpc) is 2.49. The van der Waals surface area contributed by atoms with Gasteiger partial charge in [-0.25, -0.2) is 0 Å². The van der Waals surface area contributed by atoms with Crippen LogP contribution in [0.2, 0.25) is 0 Å². The quantitative estimate of drug-likeness (QED) is 0.816. The molecule has 4 bridgehead atoms. The van der Waals surface area contributed by atoms with Gasteiger partial charge in [0.15, 0.2) is 11.5 Å². The van der Waals surface area contributed by atoms with Crippen LogP contribution in [0, 0.1) is 23.2 Å². The summed E-state index contributed by atoms with van der Waals surface area (Å²) in [4.78, 5) is 12.9. The number of hydrogen-bond donors (Lipinski definition) is 2. The molecule has 3 heteroatoms. The van der Waals surface area contributed by atoms with E-state index >= 15 is 0 Å². The van der Waals surface area contributed by atoms with Crippen molar-refractivity contribution in [2.24, 2.45) is 23.2 Å². The lowest BCUT2D eigenvalue weighted by Crippen LogP contribution is -2.49. The minimum absolute atomic E-state index is 0.0316. The fourth-order valence-corrected chi connectivity index (χ4v) is 5.61. The van der Waals surface area contributed by atoms with E-state index in [2.05, 4.69) is 0 Å². The maximum absolute atomic E-state index is 12.9. The average molecular weight is 312 g/mol. The van der Waals surface area contributed by atoms with Crippen molar-refractivity contribution in [1.82, 2.24) is 0 Å². The van der Waals surface area contributed by atoms with Crippen molar-refractivity contribution < 1.29 is 15.0 Å². The van der Waals surface area contributed by atoms with Crippen molar-refractivity contribution in [1.29, 1.82) is 0 Å². The predicted octanol–water partition coefficient (Wildman–Crippen LogP) is 4.29. The molecule has 0 aliphatic heterocycles. The van der Waals surface area contributed by atoms with Crippen LogP contribution >= 0.6 is 0 Å². The van der Waals surface area contributed by atoms with Crippen molar-refractivity contribution in [2.75, 3.05) is 0 Å². The fraction of sp³-hybridized carbons (Fsp3) is 0.550. The molecule has 122 valence electrons. The van der Waals surface area contributed by atoms with E-state index in [0.29, 0.717) is 12.2 Å². The standard InChI is InChI=1S/C20H24O3/c21-17-5-4-13(9-18(17)22)2-1-3-19(23)20-10-14-6-15(11-20)8-16(7-14)12-20/h1-2,4-5,9,14-16,21-22H,3,6-8,10-12H2/b2-1-. The number of aromatic hydroxyl groups is 2. The van der Waals surface area contributed by atoms with Crippen LogP contribution in [0.1, 0.15) is 50.5 Å². The van der Waals surface area contributed by atoms with E-state index in [9.17, 15) is 15.0 Å². The SMILES string of the molecule is O=C(C/C=C\c1ccc(O)c(O)c1)C12CC3CC(CC(C3)C1)C2. The Morgan fingerprint density at radius 1 is 1.04 bits per heavy atom. The van der Waals surface area contributed by atoms with E-state index in [1.54, 1.807) is 6.07 Å². The number of rotatable bonds is 4. The predicted molar refractivity (Wildman–Crippen MR) is 89.0 cm³/mol. The zero-order valence-corrected chi connectivity index (χ0v) is 13.4. The summed E-state index contributed by atoms with van der Waals surface area (Å²) in [5.41, 5.74) is 0.773. The van der Waals surface area contributed by atoms with Gasteiger partial charge in [0.1, 0.15) is 5.78 Å². The second-order valence-corrected chi connectivity index (χ2v) is 7.98. The minimum atomic E-state index is -0.125. The van der Waals surface area contributed by atoms with E-state index in [4.69, 9.17) is 0 Å². The molecule has 0 radical (unpaired) electrons. The molecule has 0 unspecified atom stereocenters. The van der Waals surface area contributed by atoms with Crippen LogP contribution in [0.4, 0.5) is 0 Å². The first-order valence-electron chi connectivity index (χ1n) is 8.76. The van der Waals surface area contributed by atoms with E-state index < -0.39 is 0 Å². The smallest absolute Gasteiger partial charge is 0.157 e. The Morgan fingerprint density at radius 2 is 1.65 bits per heavy atom.